The first-order valence-electron chi connectivity index (χ1n) is 7.47. The Hall–Kier alpha value is -0.490. The summed E-state index contributed by atoms with van der Waals surface area (Å²) in [5.41, 5.74) is 6.62. The van der Waals surface area contributed by atoms with Crippen molar-refractivity contribution >= 4 is 11.3 Å². The number of rotatable bonds is 6. The number of hydrogen-bond donors (Lipinski definition) is 1. The molecule has 0 bridgehead atoms. The molecule has 1 saturated carbocycles. The van der Waals surface area contributed by atoms with Crippen LogP contribution in [0.5, 0.6) is 0 Å². The molecule has 1 aliphatic rings. The van der Waals surface area contributed by atoms with Crippen LogP contribution in [-0.2, 0) is 28.2 Å². The van der Waals surface area contributed by atoms with Crippen molar-refractivity contribution in [1.29, 1.82) is 0 Å². The number of nitrogens with zero attached hydrogens (tertiary/aromatic N) is 1. The lowest BCUT2D eigenvalue weighted by Gasteiger charge is -2.37. The molecule has 1 aliphatic carbocycles. The van der Waals surface area contributed by atoms with Crippen LogP contribution in [0.1, 0.15) is 55.1 Å². The van der Waals surface area contributed by atoms with E-state index in [-0.39, 0.29) is 5.60 Å². The van der Waals surface area contributed by atoms with Gasteiger partial charge in [-0.3, -0.25) is 0 Å². The van der Waals surface area contributed by atoms with Gasteiger partial charge in [0.15, 0.2) is 0 Å². The first-order chi connectivity index (χ1) is 9.65. The van der Waals surface area contributed by atoms with Crippen LogP contribution in [0.25, 0.3) is 0 Å². The second-order valence-corrected chi connectivity index (χ2v) is 6.72. The Morgan fingerprint density at radius 1 is 1.40 bits per heavy atom. The zero-order valence-electron chi connectivity index (χ0n) is 12.8. The van der Waals surface area contributed by atoms with Gasteiger partial charge < -0.3 is 15.2 Å². The van der Waals surface area contributed by atoms with E-state index in [2.05, 4.69) is 13.8 Å². The van der Waals surface area contributed by atoms with Crippen molar-refractivity contribution < 1.29 is 9.47 Å². The average Bonchev–Trinajstić information content (AvgIpc) is 2.86. The lowest BCUT2D eigenvalue weighted by Crippen LogP contribution is -2.34. The molecule has 5 heteroatoms. The van der Waals surface area contributed by atoms with E-state index in [1.807, 2.05) is 0 Å². The molecule has 4 nitrogen and oxygen atoms in total. The van der Waals surface area contributed by atoms with E-state index < -0.39 is 0 Å². The Morgan fingerprint density at radius 2 is 2.10 bits per heavy atom. The van der Waals surface area contributed by atoms with E-state index in [1.54, 1.807) is 18.4 Å². The molecule has 0 amide bonds. The molecule has 0 aliphatic heterocycles. The number of aromatic nitrogens is 1. The largest absolute Gasteiger partial charge is 0.378 e. The van der Waals surface area contributed by atoms with Gasteiger partial charge in [-0.1, -0.05) is 6.92 Å². The van der Waals surface area contributed by atoms with Crippen LogP contribution in [0.4, 0.5) is 0 Å². The second-order valence-electron chi connectivity index (χ2n) is 5.64. The molecule has 1 aromatic heterocycles. The Balaban J connectivity index is 2.29. The molecule has 1 aromatic rings. The van der Waals surface area contributed by atoms with E-state index in [9.17, 15) is 0 Å². The average molecular weight is 298 g/mol. The molecule has 0 radical (unpaired) electrons. The van der Waals surface area contributed by atoms with E-state index in [0.29, 0.717) is 13.2 Å². The zero-order valence-corrected chi connectivity index (χ0v) is 13.6. The van der Waals surface area contributed by atoms with Gasteiger partial charge in [0.2, 0.25) is 0 Å². The van der Waals surface area contributed by atoms with E-state index in [0.717, 1.165) is 40.9 Å². The van der Waals surface area contributed by atoms with Gasteiger partial charge in [-0.25, -0.2) is 4.98 Å². The summed E-state index contributed by atoms with van der Waals surface area (Å²) < 4.78 is 11.4. The predicted octanol–water partition coefficient (Wildman–Crippen LogP) is 3.19. The SMILES string of the molecule is CCOC1(c2nc(COC)c(CN)s2)CCC(C)CC1. The number of ether oxygens (including phenoxy) is 2. The summed E-state index contributed by atoms with van der Waals surface area (Å²) in [6, 6.07) is 0. The van der Waals surface area contributed by atoms with Crippen LogP contribution >= 0.6 is 11.3 Å². The molecule has 1 heterocycles. The minimum Gasteiger partial charge on any atom is -0.378 e. The fourth-order valence-electron chi connectivity index (χ4n) is 2.91. The highest BCUT2D eigenvalue weighted by atomic mass is 32.1. The molecule has 1 fully saturated rings. The summed E-state index contributed by atoms with van der Waals surface area (Å²) in [7, 11) is 1.69. The topological polar surface area (TPSA) is 57.4 Å². The Labute approximate surface area is 125 Å². The van der Waals surface area contributed by atoms with Crippen LogP contribution in [0.15, 0.2) is 0 Å². The van der Waals surface area contributed by atoms with Gasteiger partial charge in [-0.05, 0) is 38.5 Å². The van der Waals surface area contributed by atoms with Crippen LogP contribution in [0.2, 0.25) is 0 Å². The van der Waals surface area contributed by atoms with Gasteiger partial charge in [-0.2, -0.15) is 0 Å². The molecular weight excluding hydrogens is 272 g/mol. The highest BCUT2D eigenvalue weighted by Crippen LogP contribution is 2.44. The van der Waals surface area contributed by atoms with Crippen molar-refractivity contribution in [2.75, 3.05) is 13.7 Å². The van der Waals surface area contributed by atoms with Crippen molar-refractivity contribution in [3.8, 4) is 0 Å². The van der Waals surface area contributed by atoms with Crippen molar-refractivity contribution in [3.05, 3.63) is 15.6 Å². The number of nitrogens with two attached hydrogens (primary N) is 1. The summed E-state index contributed by atoms with van der Waals surface area (Å²) in [4.78, 5) is 5.92. The fourth-order valence-corrected chi connectivity index (χ4v) is 4.06. The monoisotopic (exact) mass is 298 g/mol. The second kappa shape index (κ2) is 6.98. The van der Waals surface area contributed by atoms with Gasteiger partial charge >= 0.3 is 0 Å². The molecule has 2 N–H and O–H groups in total. The predicted molar refractivity (Wildman–Crippen MR) is 81.7 cm³/mol. The summed E-state index contributed by atoms with van der Waals surface area (Å²) >= 11 is 1.70. The van der Waals surface area contributed by atoms with Crippen LogP contribution < -0.4 is 5.73 Å². The zero-order chi connectivity index (χ0) is 14.6. The van der Waals surface area contributed by atoms with Crippen LogP contribution in [0, 0.1) is 5.92 Å². The third-order valence-electron chi connectivity index (χ3n) is 4.14. The standard InChI is InChI=1S/C15H26N2O2S/c1-4-19-15(7-5-11(2)6-8-15)14-17-12(10-18-3)13(9-16)20-14/h11H,4-10,16H2,1-3H3. The summed E-state index contributed by atoms with van der Waals surface area (Å²) in [6.07, 6.45) is 4.53. The first kappa shape index (κ1) is 15.9. The minimum absolute atomic E-state index is 0.193. The quantitative estimate of drug-likeness (QED) is 0.876. The third kappa shape index (κ3) is 3.22. The van der Waals surface area contributed by atoms with Crippen molar-refractivity contribution in [2.45, 2.75) is 58.3 Å². The number of methoxy groups -OCH3 is 1. The molecule has 20 heavy (non-hydrogen) atoms. The molecule has 0 saturated heterocycles. The lowest BCUT2D eigenvalue weighted by atomic mass is 9.79. The van der Waals surface area contributed by atoms with Gasteiger partial charge in [0.05, 0.1) is 12.3 Å². The summed E-state index contributed by atoms with van der Waals surface area (Å²) in [5.74, 6) is 0.788. The van der Waals surface area contributed by atoms with Crippen LogP contribution in [-0.4, -0.2) is 18.7 Å². The maximum Gasteiger partial charge on any atom is 0.125 e. The normalized spacial score (nSPS) is 26.9. The maximum atomic E-state index is 6.16. The van der Waals surface area contributed by atoms with Crippen molar-refractivity contribution in [3.63, 3.8) is 0 Å². The Bertz CT molecular complexity index is 426. The van der Waals surface area contributed by atoms with Crippen LogP contribution in [0.3, 0.4) is 0 Å². The van der Waals surface area contributed by atoms with Gasteiger partial charge in [0.1, 0.15) is 10.6 Å². The van der Waals surface area contributed by atoms with Gasteiger partial charge in [0.25, 0.3) is 0 Å². The molecule has 0 aromatic carbocycles. The van der Waals surface area contributed by atoms with Crippen molar-refractivity contribution in [2.24, 2.45) is 11.7 Å². The maximum absolute atomic E-state index is 6.16. The summed E-state index contributed by atoms with van der Waals surface area (Å²) in [5, 5.41) is 1.10. The lowest BCUT2D eigenvalue weighted by molar-refractivity contribution is -0.0777. The summed E-state index contributed by atoms with van der Waals surface area (Å²) in [6.45, 7) is 6.16. The fraction of sp³-hybridized carbons (Fsp3) is 0.800. The molecule has 2 rings (SSSR count). The minimum atomic E-state index is -0.193. The highest BCUT2D eigenvalue weighted by Gasteiger charge is 2.39. The molecule has 0 unspecified atom stereocenters. The molecule has 0 atom stereocenters. The number of hydrogen-bond acceptors (Lipinski definition) is 5. The van der Waals surface area contributed by atoms with E-state index in [1.165, 1.54) is 12.8 Å². The molecule has 114 valence electrons. The Morgan fingerprint density at radius 3 is 2.65 bits per heavy atom. The van der Waals surface area contributed by atoms with Gasteiger partial charge in [0, 0.05) is 25.1 Å². The smallest absolute Gasteiger partial charge is 0.125 e. The van der Waals surface area contributed by atoms with E-state index >= 15 is 0 Å². The number of thiazole rings is 1. The Kier molecular flexibility index (Phi) is 5.55. The van der Waals surface area contributed by atoms with E-state index in [4.69, 9.17) is 20.2 Å². The highest BCUT2D eigenvalue weighted by molar-refractivity contribution is 7.11. The van der Waals surface area contributed by atoms with Crippen molar-refractivity contribution in [1.82, 2.24) is 4.98 Å². The first-order valence-corrected chi connectivity index (χ1v) is 8.29. The van der Waals surface area contributed by atoms with Gasteiger partial charge in [-0.15, -0.1) is 11.3 Å². The molecule has 0 spiro atoms. The molecular formula is C15H26N2O2S. The third-order valence-corrected chi connectivity index (χ3v) is 5.44.